The minimum absolute atomic E-state index is 0.776. The molecule has 92 valence electrons. The number of aliphatic imine (C=N–C) groups is 1. The van der Waals surface area contributed by atoms with Gasteiger partial charge < -0.3 is 15.4 Å². The molecule has 1 aliphatic rings. The summed E-state index contributed by atoms with van der Waals surface area (Å²) in [5, 5.41) is 6.56. The maximum Gasteiger partial charge on any atom is 0.190 e. The number of ether oxygens (including phenoxy) is 1. The molecule has 1 heterocycles. The fraction of sp³-hybridized carbons (Fsp3) is 0.750. The molecule has 0 unspecified atom stereocenters. The van der Waals surface area contributed by atoms with Crippen LogP contribution in [0.5, 0.6) is 0 Å². The summed E-state index contributed by atoms with van der Waals surface area (Å²) in [7, 11) is 1.80. The largest absolute Gasteiger partial charge is 0.377 e. The third-order valence-electron chi connectivity index (χ3n) is 2.56. The van der Waals surface area contributed by atoms with Crippen molar-refractivity contribution in [3.63, 3.8) is 0 Å². The van der Waals surface area contributed by atoms with Gasteiger partial charge in [0, 0.05) is 20.1 Å². The zero-order valence-electron chi connectivity index (χ0n) is 10.4. The van der Waals surface area contributed by atoms with Gasteiger partial charge in [0.05, 0.1) is 13.2 Å². The van der Waals surface area contributed by atoms with Crippen molar-refractivity contribution < 1.29 is 4.74 Å². The van der Waals surface area contributed by atoms with Crippen LogP contribution in [0.15, 0.2) is 16.6 Å². The zero-order valence-corrected chi connectivity index (χ0v) is 10.4. The average Bonchev–Trinajstić information content (AvgIpc) is 2.35. The van der Waals surface area contributed by atoms with Crippen molar-refractivity contribution in [2.24, 2.45) is 4.99 Å². The first-order chi connectivity index (χ1) is 7.86. The van der Waals surface area contributed by atoms with Crippen LogP contribution in [0.3, 0.4) is 0 Å². The Hall–Kier alpha value is -1.03. The lowest BCUT2D eigenvalue weighted by atomic mass is 10.1. The van der Waals surface area contributed by atoms with Gasteiger partial charge in [0.25, 0.3) is 0 Å². The first kappa shape index (κ1) is 13.0. The molecule has 0 aliphatic carbocycles. The second kappa shape index (κ2) is 8.16. The summed E-state index contributed by atoms with van der Waals surface area (Å²) >= 11 is 0. The molecule has 0 bridgehead atoms. The van der Waals surface area contributed by atoms with E-state index in [0.717, 1.165) is 51.5 Å². The molecule has 0 spiro atoms. The van der Waals surface area contributed by atoms with Crippen molar-refractivity contribution in [2.75, 3.05) is 33.4 Å². The molecular weight excluding hydrogens is 202 g/mol. The lowest BCUT2D eigenvalue weighted by molar-refractivity contribution is 0.153. The van der Waals surface area contributed by atoms with E-state index in [1.165, 1.54) is 5.57 Å². The molecule has 0 atom stereocenters. The highest BCUT2D eigenvalue weighted by Gasteiger charge is 2.03. The summed E-state index contributed by atoms with van der Waals surface area (Å²) < 4.78 is 5.27. The van der Waals surface area contributed by atoms with Crippen LogP contribution in [0.4, 0.5) is 0 Å². The van der Waals surface area contributed by atoms with Gasteiger partial charge in [-0.1, -0.05) is 18.6 Å². The van der Waals surface area contributed by atoms with Gasteiger partial charge in [-0.3, -0.25) is 4.99 Å². The van der Waals surface area contributed by atoms with E-state index in [2.05, 4.69) is 28.6 Å². The molecule has 1 rings (SSSR count). The summed E-state index contributed by atoms with van der Waals surface area (Å²) in [6, 6.07) is 0. The van der Waals surface area contributed by atoms with Crippen LogP contribution in [-0.2, 0) is 4.74 Å². The number of guanidine groups is 1. The minimum Gasteiger partial charge on any atom is -0.377 e. The summed E-state index contributed by atoms with van der Waals surface area (Å²) in [5.74, 6) is 0.898. The standard InChI is InChI=1S/C12H23N3O/c1-3-7-14-12(13-2)15-8-4-11-5-9-16-10-6-11/h5H,3-4,6-10H2,1-2H3,(H2,13,14,15). The topological polar surface area (TPSA) is 45.7 Å². The van der Waals surface area contributed by atoms with Crippen LogP contribution in [0.2, 0.25) is 0 Å². The number of hydrogen-bond donors (Lipinski definition) is 2. The van der Waals surface area contributed by atoms with Gasteiger partial charge in [0.15, 0.2) is 5.96 Å². The van der Waals surface area contributed by atoms with Crippen LogP contribution < -0.4 is 10.6 Å². The third kappa shape index (κ3) is 5.16. The molecule has 0 fully saturated rings. The molecule has 16 heavy (non-hydrogen) atoms. The molecule has 0 aromatic rings. The van der Waals surface area contributed by atoms with Gasteiger partial charge >= 0.3 is 0 Å². The SMILES string of the molecule is CCCNC(=NC)NCCC1=CCOCC1. The number of nitrogens with zero attached hydrogens (tertiary/aromatic N) is 1. The van der Waals surface area contributed by atoms with E-state index in [-0.39, 0.29) is 0 Å². The smallest absolute Gasteiger partial charge is 0.190 e. The van der Waals surface area contributed by atoms with E-state index in [1.807, 2.05) is 0 Å². The van der Waals surface area contributed by atoms with Gasteiger partial charge in [-0.15, -0.1) is 0 Å². The van der Waals surface area contributed by atoms with Crippen molar-refractivity contribution in [3.05, 3.63) is 11.6 Å². The second-order valence-electron chi connectivity index (χ2n) is 3.86. The van der Waals surface area contributed by atoms with Crippen LogP contribution >= 0.6 is 0 Å². The van der Waals surface area contributed by atoms with Crippen molar-refractivity contribution >= 4 is 5.96 Å². The molecule has 4 nitrogen and oxygen atoms in total. The summed E-state index contributed by atoms with van der Waals surface area (Å²) in [4.78, 5) is 4.16. The Morgan fingerprint density at radius 3 is 2.88 bits per heavy atom. The molecule has 4 heteroatoms. The maximum absolute atomic E-state index is 5.27. The van der Waals surface area contributed by atoms with Gasteiger partial charge in [-0.05, 0) is 19.3 Å². The Balaban J connectivity index is 2.15. The molecule has 1 aliphatic heterocycles. The Morgan fingerprint density at radius 1 is 1.44 bits per heavy atom. The molecule has 0 aromatic heterocycles. The zero-order chi connectivity index (χ0) is 11.6. The number of hydrogen-bond acceptors (Lipinski definition) is 2. The van der Waals surface area contributed by atoms with E-state index < -0.39 is 0 Å². The summed E-state index contributed by atoms with van der Waals surface area (Å²) in [5.41, 5.74) is 1.49. The van der Waals surface area contributed by atoms with E-state index >= 15 is 0 Å². The minimum atomic E-state index is 0.776. The molecular formula is C12H23N3O. The predicted octanol–water partition coefficient (Wildman–Crippen LogP) is 1.30. The Morgan fingerprint density at radius 2 is 2.25 bits per heavy atom. The first-order valence-electron chi connectivity index (χ1n) is 6.07. The van der Waals surface area contributed by atoms with Crippen LogP contribution in [0.25, 0.3) is 0 Å². The highest BCUT2D eigenvalue weighted by atomic mass is 16.5. The van der Waals surface area contributed by atoms with Gasteiger partial charge in [0.1, 0.15) is 0 Å². The van der Waals surface area contributed by atoms with Crippen LogP contribution in [-0.4, -0.2) is 39.3 Å². The van der Waals surface area contributed by atoms with Crippen molar-refractivity contribution in [3.8, 4) is 0 Å². The quantitative estimate of drug-likeness (QED) is 0.421. The van der Waals surface area contributed by atoms with Gasteiger partial charge in [-0.25, -0.2) is 0 Å². The third-order valence-corrected chi connectivity index (χ3v) is 2.56. The fourth-order valence-electron chi connectivity index (χ4n) is 1.60. The second-order valence-corrected chi connectivity index (χ2v) is 3.86. The average molecular weight is 225 g/mol. The van der Waals surface area contributed by atoms with E-state index in [4.69, 9.17) is 4.74 Å². The Kier molecular flexibility index (Phi) is 6.65. The molecule has 0 amide bonds. The Labute approximate surface area is 98.2 Å². The van der Waals surface area contributed by atoms with E-state index in [0.29, 0.717) is 0 Å². The maximum atomic E-state index is 5.27. The highest BCUT2D eigenvalue weighted by Crippen LogP contribution is 2.10. The van der Waals surface area contributed by atoms with Crippen molar-refractivity contribution in [1.82, 2.24) is 10.6 Å². The van der Waals surface area contributed by atoms with E-state index in [9.17, 15) is 0 Å². The molecule has 0 saturated heterocycles. The monoisotopic (exact) mass is 225 g/mol. The van der Waals surface area contributed by atoms with Crippen LogP contribution in [0, 0.1) is 0 Å². The molecule has 2 N–H and O–H groups in total. The molecule has 0 aromatic carbocycles. The number of nitrogens with one attached hydrogen (secondary N) is 2. The summed E-state index contributed by atoms with van der Waals surface area (Å²) in [6.45, 7) is 5.70. The van der Waals surface area contributed by atoms with Gasteiger partial charge in [-0.2, -0.15) is 0 Å². The van der Waals surface area contributed by atoms with Gasteiger partial charge in [0.2, 0.25) is 0 Å². The molecule has 0 radical (unpaired) electrons. The predicted molar refractivity (Wildman–Crippen MR) is 67.8 cm³/mol. The summed E-state index contributed by atoms with van der Waals surface area (Å²) in [6.07, 6.45) is 5.45. The normalized spacial score (nSPS) is 16.9. The number of rotatable bonds is 5. The molecule has 0 saturated carbocycles. The highest BCUT2D eigenvalue weighted by molar-refractivity contribution is 5.79. The lowest BCUT2D eigenvalue weighted by Crippen LogP contribution is -2.38. The lowest BCUT2D eigenvalue weighted by Gasteiger charge is -2.15. The van der Waals surface area contributed by atoms with Crippen molar-refractivity contribution in [2.45, 2.75) is 26.2 Å². The van der Waals surface area contributed by atoms with Crippen LogP contribution in [0.1, 0.15) is 26.2 Å². The first-order valence-corrected chi connectivity index (χ1v) is 6.07. The van der Waals surface area contributed by atoms with Crippen molar-refractivity contribution in [1.29, 1.82) is 0 Å². The van der Waals surface area contributed by atoms with E-state index in [1.54, 1.807) is 7.05 Å². The Bertz CT molecular complexity index is 249. The fourth-order valence-corrected chi connectivity index (χ4v) is 1.60.